The third-order valence-corrected chi connectivity index (χ3v) is 4.89. The van der Waals surface area contributed by atoms with Crippen LogP contribution in [0.2, 0.25) is 0 Å². The molecule has 2 aliphatic heterocycles. The number of nitrogens with one attached hydrogen (secondary N) is 1. The number of amides is 2. The highest BCUT2D eigenvalue weighted by atomic mass is 16.3. The molecule has 0 bridgehead atoms. The van der Waals surface area contributed by atoms with E-state index < -0.39 is 5.41 Å². The summed E-state index contributed by atoms with van der Waals surface area (Å²) in [5, 5.41) is 12.8. The minimum atomic E-state index is -0.713. The van der Waals surface area contributed by atoms with E-state index in [2.05, 4.69) is 10.3 Å². The van der Waals surface area contributed by atoms with E-state index in [1.165, 1.54) is 12.3 Å². The molecule has 0 saturated carbocycles. The largest absolute Gasteiger partial charge is 0.505 e. The lowest BCUT2D eigenvalue weighted by molar-refractivity contribution is -0.122. The van der Waals surface area contributed by atoms with Crippen LogP contribution < -0.4 is 5.32 Å². The van der Waals surface area contributed by atoms with E-state index in [0.29, 0.717) is 19.5 Å². The fourth-order valence-corrected chi connectivity index (χ4v) is 3.72. The summed E-state index contributed by atoms with van der Waals surface area (Å²) in [6, 6.07) is 10.6. The molecule has 3 heterocycles. The van der Waals surface area contributed by atoms with Crippen molar-refractivity contribution in [2.24, 2.45) is 0 Å². The number of aromatic nitrogens is 1. The maximum atomic E-state index is 12.8. The first kappa shape index (κ1) is 14.7. The number of likely N-dealkylation sites (tertiary alicyclic amines) is 1. The molecular formula is C18H17N3O3. The maximum Gasteiger partial charge on any atom is 0.276 e. The summed E-state index contributed by atoms with van der Waals surface area (Å²) >= 11 is 0. The second kappa shape index (κ2) is 5.33. The minimum absolute atomic E-state index is 0.0289. The summed E-state index contributed by atoms with van der Waals surface area (Å²) in [5.74, 6) is -0.547. The third-order valence-electron chi connectivity index (χ3n) is 4.89. The Balaban J connectivity index is 1.69. The van der Waals surface area contributed by atoms with Gasteiger partial charge in [0.2, 0.25) is 5.91 Å². The summed E-state index contributed by atoms with van der Waals surface area (Å²) in [4.78, 5) is 31.0. The first-order valence-corrected chi connectivity index (χ1v) is 7.96. The molecule has 2 N–H and O–H groups in total. The SMILES string of the molecule is O=C(c1ncccc1O)N1CCCC2(C1)C(=O)Nc1ccccc12. The molecule has 6 heteroatoms. The van der Waals surface area contributed by atoms with Crippen LogP contribution in [0, 0.1) is 0 Å². The van der Waals surface area contributed by atoms with Crippen molar-refractivity contribution in [2.45, 2.75) is 18.3 Å². The van der Waals surface area contributed by atoms with Gasteiger partial charge >= 0.3 is 0 Å². The highest BCUT2D eigenvalue weighted by Gasteiger charge is 2.50. The number of anilines is 1. The van der Waals surface area contributed by atoms with Crippen molar-refractivity contribution < 1.29 is 14.7 Å². The Hall–Kier alpha value is -2.89. The van der Waals surface area contributed by atoms with Gasteiger partial charge in [0.25, 0.3) is 5.91 Å². The Morgan fingerprint density at radius 1 is 1.25 bits per heavy atom. The highest BCUT2D eigenvalue weighted by molar-refractivity contribution is 6.07. The molecule has 1 unspecified atom stereocenters. The zero-order valence-corrected chi connectivity index (χ0v) is 13.0. The van der Waals surface area contributed by atoms with Gasteiger partial charge < -0.3 is 15.3 Å². The molecule has 1 aromatic heterocycles. The first-order chi connectivity index (χ1) is 11.6. The van der Waals surface area contributed by atoms with Crippen molar-refractivity contribution in [2.75, 3.05) is 18.4 Å². The van der Waals surface area contributed by atoms with Gasteiger partial charge in [-0.3, -0.25) is 9.59 Å². The topological polar surface area (TPSA) is 82.5 Å². The standard InChI is InChI=1S/C18H17N3O3/c22-14-7-3-9-19-15(14)16(23)21-10-4-8-18(11-21)12-5-1-2-6-13(12)20-17(18)24/h1-3,5-7,9,22H,4,8,10-11H2,(H,20,24). The molecule has 24 heavy (non-hydrogen) atoms. The Morgan fingerprint density at radius 3 is 2.92 bits per heavy atom. The number of para-hydroxylation sites is 1. The van der Waals surface area contributed by atoms with Crippen molar-refractivity contribution in [1.82, 2.24) is 9.88 Å². The molecule has 2 aliphatic rings. The summed E-state index contributed by atoms with van der Waals surface area (Å²) in [7, 11) is 0. The molecule has 1 saturated heterocycles. The zero-order chi connectivity index (χ0) is 16.7. The fraction of sp³-hybridized carbons (Fsp3) is 0.278. The maximum absolute atomic E-state index is 12.8. The van der Waals surface area contributed by atoms with Gasteiger partial charge in [-0.2, -0.15) is 0 Å². The number of benzene rings is 1. The van der Waals surface area contributed by atoms with E-state index in [4.69, 9.17) is 0 Å². The number of fused-ring (bicyclic) bond motifs is 2. The molecule has 1 spiro atoms. The van der Waals surface area contributed by atoms with Crippen LogP contribution >= 0.6 is 0 Å². The smallest absolute Gasteiger partial charge is 0.276 e. The van der Waals surface area contributed by atoms with E-state index in [-0.39, 0.29) is 23.3 Å². The molecule has 4 rings (SSSR count). The summed E-state index contributed by atoms with van der Waals surface area (Å²) in [6.07, 6.45) is 2.90. The predicted molar refractivity (Wildman–Crippen MR) is 87.8 cm³/mol. The average Bonchev–Trinajstić information content (AvgIpc) is 2.87. The monoisotopic (exact) mass is 323 g/mol. The van der Waals surface area contributed by atoms with Crippen molar-refractivity contribution in [1.29, 1.82) is 0 Å². The van der Waals surface area contributed by atoms with Gasteiger partial charge in [-0.15, -0.1) is 0 Å². The summed E-state index contributed by atoms with van der Waals surface area (Å²) in [5.41, 5.74) is 1.08. The van der Waals surface area contributed by atoms with Crippen LogP contribution in [0.15, 0.2) is 42.6 Å². The van der Waals surface area contributed by atoms with Crippen LogP contribution in [0.5, 0.6) is 5.75 Å². The lowest BCUT2D eigenvalue weighted by Crippen LogP contribution is -2.52. The second-order valence-corrected chi connectivity index (χ2v) is 6.28. The quantitative estimate of drug-likeness (QED) is 0.840. The second-order valence-electron chi connectivity index (χ2n) is 6.28. The highest BCUT2D eigenvalue weighted by Crippen LogP contribution is 2.43. The Labute approximate surface area is 139 Å². The predicted octanol–water partition coefficient (Wildman–Crippen LogP) is 1.91. The lowest BCUT2D eigenvalue weighted by atomic mass is 9.75. The van der Waals surface area contributed by atoms with Crippen LogP contribution in [0.1, 0.15) is 28.9 Å². The fourth-order valence-electron chi connectivity index (χ4n) is 3.72. The van der Waals surface area contributed by atoms with Gasteiger partial charge in [-0.25, -0.2) is 4.98 Å². The number of carbonyl (C=O) groups is 2. The number of aromatic hydroxyl groups is 1. The molecule has 2 amide bonds. The van der Waals surface area contributed by atoms with Gasteiger partial charge in [-0.05, 0) is 36.6 Å². The minimum Gasteiger partial charge on any atom is -0.505 e. The zero-order valence-electron chi connectivity index (χ0n) is 13.0. The van der Waals surface area contributed by atoms with Gasteiger partial charge in [0, 0.05) is 25.0 Å². The number of rotatable bonds is 1. The Kier molecular flexibility index (Phi) is 3.26. The molecule has 1 aromatic carbocycles. The molecule has 0 radical (unpaired) electrons. The first-order valence-electron chi connectivity index (χ1n) is 7.96. The van der Waals surface area contributed by atoms with Crippen LogP contribution in [0.25, 0.3) is 0 Å². The molecule has 2 aromatic rings. The Bertz CT molecular complexity index is 836. The van der Waals surface area contributed by atoms with Gasteiger partial charge in [-0.1, -0.05) is 18.2 Å². The Morgan fingerprint density at radius 2 is 2.08 bits per heavy atom. The number of hydrogen-bond acceptors (Lipinski definition) is 4. The van der Waals surface area contributed by atoms with Crippen molar-refractivity contribution in [3.8, 4) is 5.75 Å². The number of hydrogen-bond donors (Lipinski definition) is 2. The van der Waals surface area contributed by atoms with Crippen LogP contribution in [-0.4, -0.2) is 39.9 Å². The molecule has 0 aliphatic carbocycles. The van der Waals surface area contributed by atoms with Gasteiger partial charge in [0.15, 0.2) is 5.69 Å². The molecule has 122 valence electrons. The molecule has 6 nitrogen and oxygen atoms in total. The van der Waals surface area contributed by atoms with E-state index in [0.717, 1.165) is 17.7 Å². The number of nitrogens with zero attached hydrogens (tertiary/aromatic N) is 2. The van der Waals surface area contributed by atoms with Gasteiger partial charge in [0.05, 0.1) is 5.41 Å². The number of carbonyl (C=O) groups excluding carboxylic acids is 2. The van der Waals surface area contributed by atoms with Crippen LogP contribution in [-0.2, 0) is 10.2 Å². The van der Waals surface area contributed by atoms with Crippen LogP contribution in [0.4, 0.5) is 5.69 Å². The third kappa shape index (κ3) is 2.06. The number of pyridine rings is 1. The summed E-state index contributed by atoms with van der Waals surface area (Å²) < 4.78 is 0. The van der Waals surface area contributed by atoms with E-state index in [1.807, 2.05) is 24.3 Å². The van der Waals surface area contributed by atoms with Gasteiger partial charge in [0.1, 0.15) is 5.75 Å². The van der Waals surface area contributed by atoms with E-state index in [1.54, 1.807) is 11.0 Å². The molecule has 1 fully saturated rings. The van der Waals surface area contributed by atoms with E-state index in [9.17, 15) is 14.7 Å². The molecule has 1 atom stereocenters. The van der Waals surface area contributed by atoms with Crippen molar-refractivity contribution >= 4 is 17.5 Å². The molecular weight excluding hydrogens is 306 g/mol. The van der Waals surface area contributed by atoms with Crippen molar-refractivity contribution in [3.63, 3.8) is 0 Å². The summed E-state index contributed by atoms with van der Waals surface area (Å²) in [6.45, 7) is 0.844. The normalized spacial score (nSPS) is 22.3. The number of piperidine rings is 1. The van der Waals surface area contributed by atoms with Crippen molar-refractivity contribution in [3.05, 3.63) is 53.9 Å². The van der Waals surface area contributed by atoms with E-state index >= 15 is 0 Å². The van der Waals surface area contributed by atoms with Crippen LogP contribution in [0.3, 0.4) is 0 Å². The lowest BCUT2D eigenvalue weighted by Gasteiger charge is -2.38. The average molecular weight is 323 g/mol.